The Hall–Kier alpha value is -3.13. The first-order chi connectivity index (χ1) is 16.6. The second kappa shape index (κ2) is 11.1. The van der Waals surface area contributed by atoms with Gasteiger partial charge in [0.05, 0.1) is 18.3 Å². The summed E-state index contributed by atoms with van der Waals surface area (Å²) in [7, 11) is 0. The van der Waals surface area contributed by atoms with Gasteiger partial charge in [0.2, 0.25) is 0 Å². The molecule has 3 rings (SSSR count). The minimum Gasteiger partial charge on any atom is -0.394 e. The zero-order valence-electron chi connectivity index (χ0n) is 19.2. The number of carbonyl (C=O) groups excluding carboxylic acids is 1. The molecule has 0 radical (unpaired) electrons. The van der Waals surface area contributed by atoms with Gasteiger partial charge in [-0.2, -0.15) is 18.4 Å². The highest BCUT2D eigenvalue weighted by Crippen LogP contribution is 2.39. The van der Waals surface area contributed by atoms with Crippen LogP contribution in [0.3, 0.4) is 0 Å². The molecule has 0 aliphatic carbocycles. The first-order valence-electron chi connectivity index (χ1n) is 11.3. The van der Waals surface area contributed by atoms with Gasteiger partial charge in [0, 0.05) is 30.2 Å². The van der Waals surface area contributed by atoms with Gasteiger partial charge in [-0.15, -0.1) is 0 Å². The normalized spacial score (nSPS) is 19.0. The molecule has 188 valence electrons. The second-order valence-corrected chi connectivity index (χ2v) is 8.64. The predicted molar refractivity (Wildman–Crippen MR) is 125 cm³/mol. The van der Waals surface area contributed by atoms with Gasteiger partial charge < -0.3 is 25.5 Å². The Morgan fingerprint density at radius 3 is 2.60 bits per heavy atom. The van der Waals surface area contributed by atoms with E-state index in [0.717, 1.165) is 36.9 Å². The molecular formula is C25H28F3N3O4. The van der Waals surface area contributed by atoms with E-state index in [4.69, 9.17) is 5.11 Å². The number of hydrogen-bond donors (Lipinski definition) is 4. The number of aliphatic hydroxyl groups excluding tert-OH is 3. The van der Waals surface area contributed by atoms with Gasteiger partial charge in [0.15, 0.2) is 0 Å². The molecule has 1 aliphatic heterocycles. The number of amides is 1. The summed E-state index contributed by atoms with van der Waals surface area (Å²) < 4.78 is 42.5. The number of fused-ring (bicyclic) bond motifs is 1. The molecule has 35 heavy (non-hydrogen) atoms. The number of rotatable bonds is 7. The number of nitrogens with one attached hydrogen (secondary N) is 1. The number of nitriles is 1. The van der Waals surface area contributed by atoms with Crippen molar-refractivity contribution in [2.45, 2.75) is 50.6 Å². The number of aliphatic hydroxyl groups is 3. The van der Waals surface area contributed by atoms with Crippen molar-refractivity contribution in [2.24, 2.45) is 0 Å². The van der Waals surface area contributed by atoms with Gasteiger partial charge in [-0.05, 0) is 49.3 Å². The fourth-order valence-corrected chi connectivity index (χ4v) is 4.33. The number of halogens is 3. The van der Waals surface area contributed by atoms with Gasteiger partial charge in [-0.1, -0.05) is 24.3 Å². The molecule has 0 spiro atoms. The summed E-state index contributed by atoms with van der Waals surface area (Å²) in [6.07, 6.45) is -5.20. The third-order valence-electron chi connectivity index (χ3n) is 6.24. The summed E-state index contributed by atoms with van der Waals surface area (Å²) in [5.41, 5.74) is -2.09. The number of hydrogen-bond acceptors (Lipinski definition) is 6. The zero-order valence-corrected chi connectivity index (χ0v) is 19.2. The lowest BCUT2D eigenvalue weighted by Crippen LogP contribution is -2.41. The number of allylic oxidation sites excluding steroid dienone is 1. The fourth-order valence-electron chi connectivity index (χ4n) is 4.33. The number of alkyl halides is 3. The molecule has 1 amide bonds. The third-order valence-corrected chi connectivity index (χ3v) is 6.24. The molecule has 10 heteroatoms. The lowest BCUT2D eigenvalue weighted by atomic mass is 9.94. The Morgan fingerprint density at radius 2 is 1.97 bits per heavy atom. The number of benzene rings is 2. The van der Waals surface area contributed by atoms with Crippen molar-refractivity contribution in [1.82, 2.24) is 5.32 Å². The quantitative estimate of drug-likeness (QED) is 0.350. The molecule has 1 heterocycles. The average molecular weight is 492 g/mol. The van der Waals surface area contributed by atoms with Crippen LogP contribution in [-0.4, -0.2) is 65.3 Å². The SMILES string of the molecule is CC1CCCCN1c1cccc2ccc(/C(=C(\C#N)C(=O)NCC(O)C(O)CO)C(F)(F)F)cc12. The standard InChI is InChI=1S/C25H28F3N3O4/c1-15-5-2-3-10-31(15)20-7-4-6-16-8-9-17(11-18(16)20)23(25(26,27)28)19(12-29)24(35)30-13-21(33)22(34)14-32/h4,6-9,11,15,21-22,32-34H,2-3,5,10,13-14H2,1H3,(H,30,35)/b23-19-. The van der Waals surface area contributed by atoms with E-state index >= 15 is 0 Å². The van der Waals surface area contributed by atoms with E-state index in [1.54, 1.807) is 6.07 Å². The van der Waals surface area contributed by atoms with Crippen molar-refractivity contribution in [3.05, 3.63) is 47.5 Å². The molecule has 0 bridgehead atoms. The van der Waals surface area contributed by atoms with E-state index < -0.39 is 48.6 Å². The summed E-state index contributed by atoms with van der Waals surface area (Å²) in [6.45, 7) is 1.40. The van der Waals surface area contributed by atoms with Crippen LogP contribution in [0.4, 0.5) is 18.9 Å². The summed E-state index contributed by atoms with van der Waals surface area (Å²) in [5.74, 6) is -1.35. The lowest BCUT2D eigenvalue weighted by molar-refractivity contribution is -0.118. The van der Waals surface area contributed by atoms with Crippen LogP contribution >= 0.6 is 0 Å². The Labute approximate surface area is 201 Å². The summed E-state index contributed by atoms with van der Waals surface area (Å²) in [4.78, 5) is 14.7. The molecule has 2 aromatic rings. The molecular weight excluding hydrogens is 463 g/mol. The monoisotopic (exact) mass is 491 g/mol. The molecule has 1 aliphatic rings. The molecule has 3 atom stereocenters. The highest BCUT2D eigenvalue weighted by Gasteiger charge is 2.40. The number of carbonyl (C=O) groups is 1. The van der Waals surface area contributed by atoms with Crippen LogP contribution in [0.25, 0.3) is 16.3 Å². The minimum atomic E-state index is -5.02. The topological polar surface area (TPSA) is 117 Å². The number of nitrogens with zero attached hydrogens (tertiary/aromatic N) is 2. The summed E-state index contributed by atoms with van der Waals surface area (Å²) >= 11 is 0. The Morgan fingerprint density at radius 1 is 1.23 bits per heavy atom. The van der Waals surface area contributed by atoms with Crippen LogP contribution in [0.5, 0.6) is 0 Å². The zero-order chi connectivity index (χ0) is 25.8. The molecule has 3 unspecified atom stereocenters. The fraction of sp³-hybridized carbons (Fsp3) is 0.440. The first kappa shape index (κ1) is 26.5. The van der Waals surface area contributed by atoms with Gasteiger partial charge in [0.25, 0.3) is 5.91 Å². The van der Waals surface area contributed by atoms with Gasteiger partial charge in [-0.25, -0.2) is 0 Å². The van der Waals surface area contributed by atoms with Crippen LogP contribution in [0.1, 0.15) is 31.7 Å². The van der Waals surface area contributed by atoms with E-state index in [1.165, 1.54) is 24.3 Å². The van der Waals surface area contributed by atoms with Crippen molar-refractivity contribution in [3.8, 4) is 6.07 Å². The molecule has 0 aromatic heterocycles. The number of piperidine rings is 1. The molecule has 2 aromatic carbocycles. The van der Waals surface area contributed by atoms with Crippen LogP contribution in [-0.2, 0) is 4.79 Å². The van der Waals surface area contributed by atoms with Crippen molar-refractivity contribution in [3.63, 3.8) is 0 Å². The Bertz CT molecular complexity index is 1140. The highest BCUT2D eigenvalue weighted by atomic mass is 19.4. The van der Waals surface area contributed by atoms with Crippen LogP contribution in [0.15, 0.2) is 42.0 Å². The second-order valence-electron chi connectivity index (χ2n) is 8.64. The van der Waals surface area contributed by atoms with E-state index in [1.807, 2.05) is 17.4 Å². The van der Waals surface area contributed by atoms with Crippen molar-refractivity contribution >= 4 is 27.9 Å². The van der Waals surface area contributed by atoms with Crippen molar-refractivity contribution in [1.29, 1.82) is 5.26 Å². The first-order valence-corrected chi connectivity index (χ1v) is 11.3. The van der Waals surface area contributed by atoms with E-state index in [9.17, 15) is 33.4 Å². The Kier molecular flexibility index (Phi) is 8.38. The molecule has 1 fully saturated rings. The molecule has 4 N–H and O–H groups in total. The van der Waals surface area contributed by atoms with E-state index in [0.29, 0.717) is 5.39 Å². The third kappa shape index (κ3) is 5.93. The van der Waals surface area contributed by atoms with E-state index in [2.05, 4.69) is 11.8 Å². The minimum absolute atomic E-state index is 0.219. The average Bonchev–Trinajstić information content (AvgIpc) is 2.84. The van der Waals surface area contributed by atoms with Crippen LogP contribution < -0.4 is 10.2 Å². The predicted octanol–water partition coefficient (Wildman–Crippen LogP) is 2.89. The molecule has 1 saturated heterocycles. The van der Waals surface area contributed by atoms with E-state index in [-0.39, 0.29) is 11.6 Å². The van der Waals surface area contributed by atoms with Gasteiger partial charge in [-0.3, -0.25) is 4.79 Å². The maximum absolute atomic E-state index is 14.2. The summed E-state index contributed by atoms with van der Waals surface area (Å²) in [5, 5.41) is 40.8. The maximum atomic E-state index is 14.2. The number of anilines is 1. The van der Waals surface area contributed by atoms with Crippen LogP contribution in [0.2, 0.25) is 0 Å². The van der Waals surface area contributed by atoms with Crippen LogP contribution in [0, 0.1) is 11.3 Å². The smallest absolute Gasteiger partial charge is 0.394 e. The molecule has 0 saturated carbocycles. The largest absolute Gasteiger partial charge is 0.418 e. The van der Waals surface area contributed by atoms with Crippen molar-refractivity contribution < 1.29 is 33.3 Å². The summed E-state index contributed by atoms with van der Waals surface area (Å²) in [6, 6.07) is 11.2. The lowest BCUT2D eigenvalue weighted by Gasteiger charge is -2.36. The Balaban J connectivity index is 2.08. The molecule has 7 nitrogen and oxygen atoms in total. The van der Waals surface area contributed by atoms with Crippen molar-refractivity contribution in [2.75, 3.05) is 24.6 Å². The highest BCUT2D eigenvalue weighted by molar-refractivity contribution is 6.07. The van der Waals surface area contributed by atoms with Gasteiger partial charge in [0.1, 0.15) is 17.7 Å². The van der Waals surface area contributed by atoms with Gasteiger partial charge >= 0.3 is 6.18 Å². The maximum Gasteiger partial charge on any atom is 0.418 e.